The summed E-state index contributed by atoms with van der Waals surface area (Å²) in [6.45, 7) is 0. The minimum absolute atomic E-state index is 0. The molecule has 0 spiro atoms. The Kier molecular flexibility index (Phi) is 8.16. The zero-order valence-corrected chi connectivity index (χ0v) is 15.6. The van der Waals surface area contributed by atoms with Crippen LogP contribution in [0.1, 0.15) is 15.2 Å². The van der Waals surface area contributed by atoms with Gasteiger partial charge < -0.3 is 42.7 Å². The summed E-state index contributed by atoms with van der Waals surface area (Å²) < 4.78 is 37.8. The topological polar surface area (TPSA) is 213 Å². The van der Waals surface area contributed by atoms with Gasteiger partial charge in [-0.15, -0.1) is 11.3 Å². The number of quaternary nitrogens is 3. The zero-order valence-electron chi connectivity index (χ0n) is 12.3. The van der Waals surface area contributed by atoms with Gasteiger partial charge in [-0.1, -0.05) is 15.9 Å². The summed E-state index contributed by atoms with van der Waals surface area (Å²) in [7, 11) is -6.20. The number of carboxylic acids is 1. The van der Waals surface area contributed by atoms with E-state index in [0.29, 0.717) is 4.70 Å². The third kappa shape index (κ3) is 4.31. The van der Waals surface area contributed by atoms with Gasteiger partial charge in [0.1, 0.15) is 0 Å². The number of benzene rings is 1. The predicted octanol–water partition coefficient (Wildman–Crippen LogP) is 2.12. The van der Waals surface area contributed by atoms with Crippen LogP contribution in [0.25, 0.3) is 10.1 Å². The molecule has 0 saturated carbocycles. The fourth-order valence-electron chi connectivity index (χ4n) is 1.54. The molecule has 2 aromatic rings. The quantitative estimate of drug-likeness (QED) is 0.612. The largest absolute Gasteiger partial charge is 0.806 e. The molecule has 1 aromatic carbocycles. The lowest BCUT2D eigenvalue weighted by atomic mass is 10.1. The summed E-state index contributed by atoms with van der Waals surface area (Å²) in [6, 6.07) is 2.97. The Bertz CT molecular complexity index is 766. The van der Waals surface area contributed by atoms with Gasteiger partial charge in [-0.05, 0) is 23.6 Å². The maximum atomic E-state index is 13.6. The van der Waals surface area contributed by atoms with Gasteiger partial charge in [0, 0.05) is 22.3 Å². The first-order chi connectivity index (χ1) is 9.04. The number of rotatable bonds is 3. The van der Waals surface area contributed by atoms with Crippen molar-refractivity contribution in [3.63, 3.8) is 0 Å². The maximum Gasteiger partial charge on any atom is 0.298 e. The van der Waals surface area contributed by atoms with Crippen molar-refractivity contribution in [3.05, 3.63) is 33.1 Å². The van der Waals surface area contributed by atoms with Gasteiger partial charge in [0.15, 0.2) is 0 Å². The number of fused-ring (bicyclic) bond motifs is 1. The number of alkyl halides is 2. The van der Waals surface area contributed by atoms with E-state index in [1.807, 2.05) is 0 Å². The summed E-state index contributed by atoms with van der Waals surface area (Å²) >= 11 is 3.54. The molecule has 8 nitrogen and oxygen atoms in total. The molecule has 0 saturated heterocycles. The fourth-order valence-corrected chi connectivity index (χ4v) is 3.84. The lowest BCUT2D eigenvalue weighted by Gasteiger charge is -2.38. The van der Waals surface area contributed by atoms with Crippen molar-refractivity contribution in [2.75, 3.05) is 0 Å². The summed E-state index contributed by atoms with van der Waals surface area (Å²) in [5.41, 5.74) is -5.62. The smallest absolute Gasteiger partial charge is 0.298 e. The monoisotopic (exact) mass is 437 g/mol. The van der Waals surface area contributed by atoms with E-state index < -0.39 is 24.8 Å². The Balaban J connectivity index is 0. The van der Waals surface area contributed by atoms with Gasteiger partial charge in [0.2, 0.25) is 0 Å². The second-order valence-electron chi connectivity index (χ2n) is 3.81. The fraction of sp³-hybridized carbons (Fsp3) is 0.100. The number of carbonyl (C=O) groups excluding carboxylic acids is 1. The van der Waals surface area contributed by atoms with E-state index in [-0.39, 0.29) is 33.2 Å². The van der Waals surface area contributed by atoms with Crippen molar-refractivity contribution >= 4 is 50.9 Å². The summed E-state index contributed by atoms with van der Waals surface area (Å²) in [6.07, 6.45) is 0. The third-order valence-corrected chi connectivity index (χ3v) is 5.14. The molecule has 0 atom stereocenters. The van der Waals surface area contributed by atoms with Gasteiger partial charge in [-0.2, -0.15) is 8.78 Å². The van der Waals surface area contributed by atoms with E-state index in [9.17, 15) is 33.0 Å². The number of halogens is 3. The molecule has 1 aromatic heterocycles. The lowest BCUT2D eigenvalue weighted by Crippen LogP contribution is -2.30. The van der Waals surface area contributed by atoms with Gasteiger partial charge in [0.05, 0.1) is 10.8 Å². The Labute approximate surface area is 141 Å². The van der Waals surface area contributed by atoms with Gasteiger partial charge in [-0.25, -0.2) is 0 Å². The molecule has 0 aliphatic heterocycles. The molecule has 0 amide bonds. The molecule has 13 heteroatoms. The highest BCUT2D eigenvalue weighted by atomic mass is 79.9. The number of hydrogen-bond donors (Lipinski definition) is 3. The SMILES string of the molecule is O=C([O-])c1cc2cc(C(F)(F)P(=O)([O-])[O-])c(Br)cc2s1.[NH4+].[NH4+].[NH4+]. The molecule has 2 rings (SSSR count). The van der Waals surface area contributed by atoms with Crippen LogP contribution in [0.3, 0.4) is 0 Å². The summed E-state index contributed by atoms with van der Waals surface area (Å²) in [5, 5.41) is 10.8. The van der Waals surface area contributed by atoms with Crippen molar-refractivity contribution in [2.45, 2.75) is 5.66 Å². The highest BCUT2D eigenvalue weighted by Gasteiger charge is 2.38. The van der Waals surface area contributed by atoms with E-state index in [2.05, 4.69) is 15.9 Å². The van der Waals surface area contributed by atoms with Crippen LogP contribution < -0.4 is 33.3 Å². The molecule has 0 aliphatic carbocycles. The van der Waals surface area contributed by atoms with Crippen LogP contribution in [-0.4, -0.2) is 5.97 Å². The average Bonchev–Trinajstić information content (AvgIpc) is 2.68. The number of thiophene rings is 1. The molecule has 0 bridgehead atoms. The Morgan fingerprint density at radius 1 is 1.17 bits per heavy atom. The Morgan fingerprint density at radius 2 is 1.70 bits per heavy atom. The van der Waals surface area contributed by atoms with Crippen molar-refractivity contribution in [1.82, 2.24) is 18.5 Å². The number of hydrogen-bond acceptors (Lipinski definition) is 6. The highest BCUT2D eigenvalue weighted by Crippen LogP contribution is 2.55. The summed E-state index contributed by atoms with van der Waals surface area (Å²) in [5.74, 6) is -1.48. The first-order valence-electron chi connectivity index (χ1n) is 4.89. The minimum atomic E-state index is -6.20. The molecule has 12 N–H and O–H groups in total. The first-order valence-corrected chi connectivity index (χ1v) is 8.04. The van der Waals surface area contributed by atoms with Gasteiger partial charge in [0.25, 0.3) is 5.66 Å². The standard InChI is InChI=1S/C10H6BrF2O5PS.3H3N/c11-6-3-7-4(2-8(20-7)9(14)15)1-5(6)10(12,13)19(16,17)18;;;/h1-3H,(H,14,15)(H2,16,17,18);3*1H3. The van der Waals surface area contributed by atoms with Gasteiger partial charge in [-0.3, -0.25) is 0 Å². The maximum absolute atomic E-state index is 13.6. The molecule has 0 radical (unpaired) electrons. The molecular weight excluding hydrogens is 423 g/mol. The Hall–Kier alpha value is -0.980. The van der Waals surface area contributed by atoms with Crippen molar-refractivity contribution in [2.24, 2.45) is 0 Å². The van der Waals surface area contributed by atoms with Crippen molar-refractivity contribution in [1.29, 1.82) is 0 Å². The highest BCUT2D eigenvalue weighted by molar-refractivity contribution is 9.10. The van der Waals surface area contributed by atoms with E-state index in [1.165, 1.54) is 0 Å². The van der Waals surface area contributed by atoms with Crippen molar-refractivity contribution < 1.29 is 33.0 Å². The second-order valence-corrected chi connectivity index (χ2v) is 7.30. The van der Waals surface area contributed by atoms with Crippen LogP contribution >= 0.6 is 34.9 Å². The third-order valence-electron chi connectivity index (χ3n) is 2.48. The summed E-state index contributed by atoms with van der Waals surface area (Å²) in [4.78, 5) is 31.8. The van der Waals surface area contributed by atoms with Gasteiger partial charge >= 0.3 is 0 Å². The van der Waals surface area contributed by atoms with E-state index in [0.717, 1.165) is 29.5 Å². The number of aromatic carboxylic acids is 1. The van der Waals surface area contributed by atoms with Crippen LogP contribution in [0.4, 0.5) is 8.78 Å². The number of carboxylic acid groups (broad SMARTS) is 1. The minimum Gasteiger partial charge on any atom is -0.806 e. The first kappa shape index (κ1) is 24.3. The number of carbonyl (C=O) groups is 1. The molecule has 0 fully saturated rings. The predicted molar refractivity (Wildman–Crippen MR) is 83.3 cm³/mol. The molecule has 132 valence electrons. The van der Waals surface area contributed by atoms with Crippen LogP contribution in [-0.2, 0) is 10.2 Å². The molecule has 0 unspecified atom stereocenters. The van der Waals surface area contributed by atoms with Crippen LogP contribution in [0, 0.1) is 0 Å². The lowest BCUT2D eigenvalue weighted by molar-refractivity contribution is -0.335. The molecular formula is C10H15BrF2N3O5PS. The normalized spacial score (nSPS) is 11.2. The molecule has 0 aliphatic rings. The average molecular weight is 438 g/mol. The molecule has 1 heterocycles. The second kappa shape index (κ2) is 7.73. The van der Waals surface area contributed by atoms with E-state index >= 15 is 0 Å². The van der Waals surface area contributed by atoms with E-state index in [1.54, 1.807) is 0 Å². The zero-order chi connectivity index (χ0) is 15.3. The van der Waals surface area contributed by atoms with Crippen LogP contribution in [0.15, 0.2) is 22.7 Å². The van der Waals surface area contributed by atoms with Crippen molar-refractivity contribution in [3.8, 4) is 0 Å². The van der Waals surface area contributed by atoms with Crippen LogP contribution in [0.5, 0.6) is 0 Å². The molecule has 23 heavy (non-hydrogen) atoms. The van der Waals surface area contributed by atoms with E-state index in [4.69, 9.17) is 0 Å². The Morgan fingerprint density at radius 3 is 2.13 bits per heavy atom. The van der Waals surface area contributed by atoms with Crippen LogP contribution in [0.2, 0.25) is 0 Å².